The van der Waals surface area contributed by atoms with E-state index in [0.717, 1.165) is 24.8 Å². The quantitative estimate of drug-likeness (QED) is 0.782. The molecule has 0 heterocycles. The zero-order valence-electron chi connectivity index (χ0n) is 9.89. The fourth-order valence-electron chi connectivity index (χ4n) is 1.71. The summed E-state index contributed by atoms with van der Waals surface area (Å²) in [6.45, 7) is 4.86. The van der Waals surface area contributed by atoms with Gasteiger partial charge in [0, 0.05) is 12.6 Å². The highest BCUT2D eigenvalue weighted by Crippen LogP contribution is 2.09. The van der Waals surface area contributed by atoms with Gasteiger partial charge in [-0.1, -0.05) is 26.3 Å². The molecule has 1 N–H and O–H groups in total. The molecule has 16 heavy (non-hydrogen) atoms. The van der Waals surface area contributed by atoms with Gasteiger partial charge in [0.1, 0.15) is 0 Å². The largest absolute Gasteiger partial charge is 0.310 e. The van der Waals surface area contributed by atoms with Crippen molar-refractivity contribution in [1.29, 1.82) is 0 Å². The maximum absolute atomic E-state index is 12.9. The lowest BCUT2D eigenvalue weighted by atomic mass is 10.1. The third-order valence-corrected chi connectivity index (χ3v) is 2.71. The number of hydrogen-bond acceptors (Lipinski definition) is 1. The fraction of sp³-hybridized carbons (Fsp3) is 0.538. The summed E-state index contributed by atoms with van der Waals surface area (Å²) in [6, 6.07) is 4.50. The second-order valence-corrected chi connectivity index (χ2v) is 4.02. The first-order valence-electron chi connectivity index (χ1n) is 5.84. The minimum Gasteiger partial charge on any atom is -0.310 e. The average Bonchev–Trinajstić information content (AvgIpc) is 2.28. The third-order valence-electron chi connectivity index (χ3n) is 2.71. The summed E-state index contributed by atoms with van der Waals surface area (Å²) in [5, 5.41) is 3.34. The van der Waals surface area contributed by atoms with Crippen LogP contribution < -0.4 is 5.32 Å². The Morgan fingerprint density at radius 3 is 2.50 bits per heavy atom. The average molecular weight is 227 g/mol. The smallest absolute Gasteiger partial charge is 0.159 e. The van der Waals surface area contributed by atoms with Gasteiger partial charge in [0.05, 0.1) is 0 Å². The highest BCUT2D eigenvalue weighted by atomic mass is 19.2. The van der Waals surface area contributed by atoms with Crippen LogP contribution in [-0.2, 0) is 6.54 Å². The normalized spacial score (nSPS) is 12.8. The van der Waals surface area contributed by atoms with Crippen molar-refractivity contribution in [2.24, 2.45) is 0 Å². The van der Waals surface area contributed by atoms with E-state index >= 15 is 0 Å². The monoisotopic (exact) mass is 227 g/mol. The molecule has 0 aromatic heterocycles. The van der Waals surface area contributed by atoms with Gasteiger partial charge in [0.25, 0.3) is 0 Å². The zero-order chi connectivity index (χ0) is 12.0. The molecule has 1 unspecified atom stereocenters. The number of rotatable bonds is 6. The second kappa shape index (κ2) is 6.59. The molecule has 0 saturated heterocycles. The Hall–Kier alpha value is -0.960. The summed E-state index contributed by atoms with van der Waals surface area (Å²) >= 11 is 0. The molecule has 3 heteroatoms. The van der Waals surface area contributed by atoms with Crippen LogP contribution in [0.15, 0.2) is 18.2 Å². The van der Waals surface area contributed by atoms with Crippen molar-refractivity contribution in [2.45, 2.75) is 45.7 Å². The predicted octanol–water partition coefficient (Wildman–Crippen LogP) is 3.63. The van der Waals surface area contributed by atoms with Gasteiger partial charge in [-0.15, -0.1) is 0 Å². The van der Waals surface area contributed by atoms with E-state index in [4.69, 9.17) is 0 Å². The number of nitrogens with one attached hydrogen (secondary N) is 1. The van der Waals surface area contributed by atoms with Crippen molar-refractivity contribution >= 4 is 0 Å². The molecule has 1 atom stereocenters. The molecule has 0 saturated carbocycles. The summed E-state index contributed by atoms with van der Waals surface area (Å²) < 4.78 is 25.6. The molecule has 0 aliphatic heterocycles. The molecular formula is C13H19F2N. The van der Waals surface area contributed by atoms with Gasteiger partial charge in [-0.25, -0.2) is 8.78 Å². The number of benzene rings is 1. The topological polar surface area (TPSA) is 12.0 Å². The van der Waals surface area contributed by atoms with Gasteiger partial charge in [0.15, 0.2) is 11.6 Å². The molecule has 0 fully saturated rings. The Morgan fingerprint density at radius 2 is 1.94 bits per heavy atom. The predicted molar refractivity (Wildman–Crippen MR) is 62.2 cm³/mol. The second-order valence-electron chi connectivity index (χ2n) is 4.02. The molecule has 0 radical (unpaired) electrons. The standard InChI is InChI=1S/C13H19F2N/c1-3-5-11(4-2)16-9-10-6-7-12(14)13(15)8-10/h6-8,11,16H,3-5,9H2,1-2H3. The molecule has 1 aromatic carbocycles. The van der Waals surface area contributed by atoms with Crippen molar-refractivity contribution in [3.63, 3.8) is 0 Å². The van der Waals surface area contributed by atoms with Gasteiger partial charge in [-0.2, -0.15) is 0 Å². The Kier molecular flexibility index (Phi) is 5.39. The lowest BCUT2D eigenvalue weighted by molar-refractivity contribution is 0.459. The maximum atomic E-state index is 12.9. The molecule has 0 amide bonds. The van der Waals surface area contributed by atoms with Crippen LogP contribution in [0.1, 0.15) is 38.7 Å². The molecular weight excluding hydrogens is 208 g/mol. The Morgan fingerprint density at radius 1 is 1.19 bits per heavy atom. The van der Waals surface area contributed by atoms with Crippen LogP contribution in [0, 0.1) is 11.6 Å². The van der Waals surface area contributed by atoms with Gasteiger partial charge < -0.3 is 5.32 Å². The van der Waals surface area contributed by atoms with Crippen LogP contribution in [0.3, 0.4) is 0 Å². The number of hydrogen-bond donors (Lipinski definition) is 1. The summed E-state index contributed by atoms with van der Waals surface area (Å²) in [4.78, 5) is 0. The van der Waals surface area contributed by atoms with E-state index in [0.29, 0.717) is 12.6 Å². The van der Waals surface area contributed by atoms with E-state index in [1.165, 1.54) is 12.1 Å². The Balaban J connectivity index is 2.50. The van der Waals surface area contributed by atoms with Crippen LogP contribution in [0.4, 0.5) is 8.78 Å². The molecule has 90 valence electrons. The van der Waals surface area contributed by atoms with Crippen LogP contribution in [0.25, 0.3) is 0 Å². The van der Waals surface area contributed by atoms with E-state index in [-0.39, 0.29) is 0 Å². The highest BCUT2D eigenvalue weighted by molar-refractivity contribution is 5.17. The molecule has 1 nitrogen and oxygen atoms in total. The van der Waals surface area contributed by atoms with Gasteiger partial charge in [0.2, 0.25) is 0 Å². The van der Waals surface area contributed by atoms with E-state index in [1.807, 2.05) is 0 Å². The fourth-order valence-corrected chi connectivity index (χ4v) is 1.71. The van der Waals surface area contributed by atoms with Gasteiger partial charge in [-0.05, 0) is 30.5 Å². The van der Waals surface area contributed by atoms with Crippen molar-refractivity contribution in [3.8, 4) is 0 Å². The molecule has 1 aromatic rings. The lowest BCUT2D eigenvalue weighted by Crippen LogP contribution is -2.27. The molecule has 0 bridgehead atoms. The van der Waals surface area contributed by atoms with E-state index in [1.54, 1.807) is 6.07 Å². The van der Waals surface area contributed by atoms with Crippen LogP contribution in [-0.4, -0.2) is 6.04 Å². The van der Waals surface area contributed by atoms with Crippen LogP contribution in [0.5, 0.6) is 0 Å². The summed E-state index contributed by atoms with van der Waals surface area (Å²) in [7, 11) is 0. The summed E-state index contributed by atoms with van der Waals surface area (Å²) in [6.07, 6.45) is 3.29. The van der Waals surface area contributed by atoms with Gasteiger partial charge in [-0.3, -0.25) is 0 Å². The van der Waals surface area contributed by atoms with Crippen LogP contribution >= 0.6 is 0 Å². The van der Waals surface area contributed by atoms with E-state index < -0.39 is 11.6 Å². The van der Waals surface area contributed by atoms with Crippen molar-refractivity contribution in [2.75, 3.05) is 0 Å². The third kappa shape index (κ3) is 3.89. The molecule has 1 rings (SSSR count). The molecule has 0 spiro atoms. The SMILES string of the molecule is CCCC(CC)NCc1ccc(F)c(F)c1. The van der Waals surface area contributed by atoms with Gasteiger partial charge >= 0.3 is 0 Å². The van der Waals surface area contributed by atoms with Crippen LogP contribution in [0.2, 0.25) is 0 Å². The van der Waals surface area contributed by atoms with E-state index in [2.05, 4.69) is 19.2 Å². The first kappa shape index (κ1) is 13.1. The summed E-state index contributed by atoms with van der Waals surface area (Å²) in [5.74, 6) is -1.56. The highest BCUT2D eigenvalue weighted by Gasteiger charge is 2.06. The molecule has 0 aliphatic rings. The Bertz CT molecular complexity index is 326. The zero-order valence-corrected chi connectivity index (χ0v) is 9.89. The first-order valence-corrected chi connectivity index (χ1v) is 5.84. The maximum Gasteiger partial charge on any atom is 0.159 e. The van der Waals surface area contributed by atoms with Crippen molar-refractivity contribution in [3.05, 3.63) is 35.4 Å². The summed E-state index contributed by atoms with van der Waals surface area (Å²) in [5.41, 5.74) is 0.786. The number of halogens is 2. The minimum atomic E-state index is -0.788. The van der Waals surface area contributed by atoms with Crippen molar-refractivity contribution in [1.82, 2.24) is 5.32 Å². The lowest BCUT2D eigenvalue weighted by Gasteiger charge is -2.15. The van der Waals surface area contributed by atoms with E-state index in [9.17, 15) is 8.78 Å². The minimum absolute atomic E-state index is 0.457. The van der Waals surface area contributed by atoms with Crippen molar-refractivity contribution < 1.29 is 8.78 Å². The first-order chi connectivity index (χ1) is 7.67. The molecule has 0 aliphatic carbocycles. The Labute approximate surface area is 95.9 Å².